The first-order chi connectivity index (χ1) is 15.6. The molecule has 1 aliphatic carbocycles. The molecule has 6 nitrogen and oxygen atoms in total. The molecule has 32 heavy (non-hydrogen) atoms. The minimum Gasteiger partial charge on any atom is -0.495 e. The fraction of sp³-hybridized carbons (Fsp3) is 0.462. The Kier molecular flexibility index (Phi) is 5.53. The van der Waals surface area contributed by atoms with Crippen LogP contribution in [0.1, 0.15) is 53.9 Å². The Morgan fingerprint density at radius 1 is 0.969 bits per heavy atom. The van der Waals surface area contributed by atoms with Crippen LogP contribution >= 0.6 is 0 Å². The van der Waals surface area contributed by atoms with Gasteiger partial charge in [-0.25, -0.2) is 4.79 Å². The summed E-state index contributed by atoms with van der Waals surface area (Å²) in [5, 5.41) is 0. The van der Waals surface area contributed by atoms with E-state index in [1.54, 1.807) is 13.2 Å². The van der Waals surface area contributed by atoms with Crippen molar-refractivity contribution in [3.8, 4) is 5.75 Å². The van der Waals surface area contributed by atoms with Crippen molar-refractivity contribution < 1.29 is 19.1 Å². The molecule has 0 radical (unpaired) electrons. The van der Waals surface area contributed by atoms with E-state index in [9.17, 15) is 9.59 Å². The molecule has 0 bridgehead atoms. The second kappa shape index (κ2) is 8.49. The van der Waals surface area contributed by atoms with Gasteiger partial charge in [-0.1, -0.05) is 36.8 Å². The van der Waals surface area contributed by atoms with E-state index < -0.39 is 11.5 Å². The minimum absolute atomic E-state index is 0.0894. The van der Waals surface area contributed by atoms with Crippen molar-refractivity contribution in [2.75, 3.05) is 38.2 Å². The predicted octanol–water partition coefficient (Wildman–Crippen LogP) is 4.00. The Bertz CT molecular complexity index is 1010. The summed E-state index contributed by atoms with van der Waals surface area (Å²) in [6.45, 7) is 2.76. The maximum Gasteiger partial charge on any atom is 0.339 e. The van der Waals surface area contributed by atoms with Crippen molar-refractivity contribution in [3.05, 3.63) is 59.7 Å². The number of hydrogen-bond acceptors (Lipinski definition) is 5. The van der Waals surface area contributed by atoms with Crippen molar-refractivity contribution in [3.63, 3.8) is 0 Å². The molecule has 1 saturated heterocycles. The molecule has 2 aromatic carbocycles. The van der Waals surface area contributed by atoms with Crippen molar-refractivity contribution in [1.82, 2.24) is 4.90 Å². The molecule has 1 saturated carbocycles. The van der Waals surface area contributed by atoms with Crippen molar-refractivity contribution in [2.24, 2.45) is 0 Å². The highest BCUT2D eigenvalue weighted by Gasteiger charge is 2.53. The second-order valence-electron chi connectivity index (χ2n) is 9.02. The van der Waals surface area contributed by atoms with Gasteiger partial charge in [0.2, 0.25) is 5.91 Å². The van der Waals surface area contributed by atoms with Crippen LogP contribution in [0.15, 0.2) is 48.5 Å². The molecule has 0 N–H and O–H groups in total. The third-order valence-corrected chi connectivity index (χ3v) is 7.28. The Morgan fingerprint density at radius 3 is 2.41 bits per heavy atom. The van der Waals surface area contributed by atoms with E-state index >= 15 is 0 Å². The third kappa shape index (κ3) is 3.51. The zero-order valence-corrected chi connectivity index (χ0v) is 18.6. The van der Waals surface area contributed by atoms with Gasteiger partial charge >= 0.3 is 5.97 Å². The first kappa shape index (κ1) is 20.9. The molecule has 2 heterocycles. The van der Waals surface area contributed by atoms with Gasteiger partial charge in [-0.05, 0) is 49.4 Å². The van der Waals surface area contributed by atoms with E-state index in [4.69, 9.17) is 9.47 Å². The number of methoxy groups -OCH3 is 1. The topological polar surface area (TPSA) is 59.1 Å². The Balaban J connectivity index is 1.40. The summed E-state index contributed by atoms with van der Waals surface area (Å²) < 4.78 is 11.6. The molecule has 0 unspecified atom stereocenters. The molecule has 1 atom stereocenters. The smallest absolute Gasteiger partial charge is 0.339 e. The number of nitrogens with zero attached hydrogens (tertiary/aromatic N) is 2. The lowest BCUT2D eigenvalue weighted by Gasteiger charge is -2.47. The maximum atomic E-state index is 14.0. The molecule has 2 aliphatic heterocycles. The zero-order chi connectivity index (χ0) is 22.1. The molecular formula is C26H30N2O4. The Morgan fingerprint density at radius 2 is 1.66 bits per heavy atom. The van der Waals surface area contributed by atoms with Crippen LogP contribution in [0.25, 0.3) is 0 Å². The van der Waals surface area contributed by atoms with Crippen molar-refractivity contribution in [2.45, 2.75) is 43.6 Å². The van der Waals surface area contributed by atoms with Gasteiger partial charge < -0.3 is 19.3 Å². The number of ether oxygens (including phenoxy) is 2. The molecule has 2 aromatic rings. The van der Waals surface area contributed by atoms with Crippen LogP contribution in [-0.2, 0) is 9.53 Å². The van der Waals surface area contributed by atoms with E-state index in [-0.39, 0.29) is 11.9 Å². The van der Waals surface area contributed by atoms with Gasteiger partial charge in [-0.15, -0.1) is 0 Å². The van der Waals surface area contributed by atoms with Gasteiger partial charge in [-0.2, -0.15) is 0 Å². The van der Waals surface area contributed by atoms with E-state index in [0.717, 1.165) is 62.2 Å². The molecular weight excluding hydrogens is 404 g/mol. The summed E-state index contributed by atoms with van der Waals surface area (Å²) in [5.74, 6) is 0.232. The lowest BCUT2D eigenvalue weighted by atomic mass is 9.69. The Labute approximate surface area is 189 Å². The number of esters is 1. The van der Waals surface area contributed by atoms with Gasteiger partial charge in [0.05, 0.1) is 18.4 Å². The number of para-hydroxylation sites is 2. The standard InChI is InChI=1S/C26H30N2O4/c1-31-22-12-6-5-11-21(22)27-15-17-28(18-16-27)24(29)23-19-9-3-4-10-20(19)25(30)32-26(23)13-7-2-8-14-26/h3-6,9-12,23H,2,7-8,13-18H2,1H3/t23-/m0/s1. The first-order valence-corrected chi connectivity index (χ1v) is 11.6. The highest BCUT2D eigenvalue weighted by molar-refractivity contribution is 5.98. The average Bonchev–Trinajstić information content (AvgIpc) is 2.84. The number of rotatable bonds is 3. The van der Waals surface area contributed by atoms with Crippen LogP contribution in [0.2, 0.25) is 0 Å². The monoisotopic (exact) mass is 434 g/mol. The fourth-order valence-corrected chi connectivity index (χ4v) is 5.66. The number of carbonyl (C=O) groups is 2. The summed E-state index contributed by atoms with van der Waals surface area (Å²) in [5.41, 5.74) is 1.72. The summed E-state index contributed by atoms with van der Waals surface area (Å²) in [4.78, 5) is 31.0. The molecule has 168 valence electrons. The van der Waals surface area contributed by atoms with Gasteiger partial charge in [-0.3, -0.25) is 4.79 Å². The summed E-state index contributed by atoms with van der Waals surface area (Å²) in [7, 11) is 1.68. The van der Waals surface area contributed by atoms with E-state index in [0.29, 0.717) is 18.7 Å². The summed E-state index contributed by atoms with van der Waals surface area (Å²) >= 11 is 0. The first-order valence-electron chi connectivity index (χ1n) is 11.6. The van der Waals surface area contributed by atoms with Crippen LogP contribution in [0, 0.1) is 0 Å². The van der Waals surface area contributed by atoms with Gasteiger partial charge in [0, 0.05) is 26.2 Å². The average molecular weight is 435 g/mol. The highest BCUT2D eigenvalue weighted by Crippen LogP contribution is 2.48. The van der Waals surface area contributed by atoms with Gasteiger partial charge in [0.1, 0.15) is 17.3 Å². The number of anilines is 1. The summed E-state index contributed by atoms with van der Waals surface area (Å²) in [6, 6.07) is 15.5. The molecule has 5 rings (SSSR count). The van der Waals surface area contributed by atoms with Crippen LogP contribution in [0.5, 0.6) is 5.75 Å². The lowest BCUT2D eigenvalue weighted by molar-refractivity contribution is -0.143. The van der Waals surface area contributed by atoms with E-state index in [1.165, 1.54) is 0 Å². The van der Waals surface area contributed by atoms with Gasteiger partial charge in [0.25, 0.3) is 0 Å². The number of benzene rings is 2. The van der Waals surface area contributed by atoms with E-state index in [2.05, 4.69) is 11.0 Å². The van der Waals surface area contributed by atoms with E-state index in [1.807, 2.05) is 41.3 Å². The highest BCUT2D eigenvalue weighted by atomic mass is 16.6. The molecule has 1 amide bonds. The minimum atomic E-state index is -0.708. The number of hydrogen-bond donors (Lipinski definition) is 0. The molecule has 2 fully saturated rings. The van der Waals surface area contributed by atoms with Gasteiger partial charge in [0.15, 0.2) is 0 Å². The number of fused-ring (bicyclic) bond motifs is 1. The maximum absolute atomic E-state index is 14.0. The van der Waals surface area contributed by atoms with Crippen LogP contribution in [-0.4, -0.2) is 55.7 Å². The second-order valence-corrected chi connectivity index (χ2v) is 9.02. The lowest BCUT2D eigenvalue weighted by Crippen LogP contribution is -2.56. The fourth-order valence-electron chi connectivity index (χ4n) is 5.66. The zero-order valence-electron chi connectivity index (χ0n) is 18.6. The molecule has 0 aromatic heterocycles. The molecule has 3 aliphatic rings. The summed E-state index contributed by atoms with van der Waals surface area (Å²) in [6.07, 6.45) is 4.61. The molecule has 1 spiro atoms. The van der Waals surface area contributed by atoms with Crippen LogP contribution in [0.4, 0.5) is 5.69 Å². The van der Waals surface area contributed by atoms with Crippen LogP contribution < -0.4 is 9.64 Å². The van der Waals surface area contributed by atoms with Crippen molar-refractivity contribution in [1.29, 1.82) is 0 Å². The van der Waals surface area contributed by atoms with Crippen LogP contribution in [0.3, 0.4) is 0 Å². The molecule has 6 heteroatoms. The van der Waals surface area contributed by atoms with Crippen molar-refractivity contribution >= 4 is 17.6 Å². The number of carbonyl (C=O) groups excluding carboxylic acids is 2. The normalized spacial score (nSPS) is 22.3. The number of piperazine rings is 1. The number of amides is 1. The Hall–Kier alpha value is -3.02. The predicted molar refractivity (Wildman–Crippen MR) is 122 cm³/mol. The quantitative estimate of drug-likeness (QED) is 0.684. The third-order valence-electron chi connectivity index (χ3n) is 7.28. The largest absolute Gasteiger partial charge is 0.495 e. The SMILES string of the molecule is COc1ccccc1N1CCN(C(=O)[C@@H]2c3ccccc3C(=O)OC23CCCCC3)CC1.